The number of carbonyl (C=O) groups is 2. The van der Waals surface area contributed by atoms with Gasteiger partial charge in [-0.05, 0) is 13.0 Å². The predicted molar refractivity (Wildman–Crippen MR) is 96.5 cm³/mol. The maximum Gasteiger partial charge on any atom is 0.272 e. The van der Waals surface area contributed by atoms with Crippen LogP contribution in [0.1, 0.15) is 25.7 Å². The van der Waals surface area contributed by atoms with E-state index in [1.807, 2.05) is 13.1 Å². The fourth-order valence-corrected chi connectivity index (χ4v) is 3.79. The molecule has 3 aromatic heterocycles. The third-order valence-corrected chi connectivity index (χ3v) is 5.31. The molecule has 2 N–H and O–H groups in total. The van der Waals surface area contributed by atoms with Crippen molar-refractivity contribution in [1.29, 1.82) is 0 Å². The molecule has 0 aliphatic carbocycles. The summed E-state index contributed by atoms with van der Waals surface area (Å²) in [4.78, 5) is 38.0. The third-order valence-electron chi connectivity index (χ3n) is 4.33. The lowest BCUT2D eigenvalue weighted by Crippen LogP contribution is -2.49. The average Bonchev–Trinajstić information content (AvgIpc) is 3.27. The number of primary amides is 1. The van der Waals surface area contributed by atoms with Gasteiger partial charge < -0.3 is 15.5 Å². The molecule has 0 bridgehead atoms. The molecule has 0 radical (unpaired) electrons. The number of fused-ring (bicyclic) bond motifs is 1. The second-order valence-electron chi connectivity index (χ2n) is 6.02. The number of thiazole rings is 1. The van der Waals surface area contributed by atoms with Crippen LogP contribution in [0.4, 0.5) is 5.13 Å². The Morgan fingerprint density at radius 3 is 2.58 bits per heavy atom. The number of rotatable bonds is 3. The summed E-state index contributed by atoms with van der Waals surface area (Å²) in [6.07, 6.45) is 4.69. The molecule has 9 nitrogen and oxygen atoms in total. The lowest BCUT2D eigenvalue weighted by atomic mass is 10.2. The van der Waals surface area contributed by atoms with Crippen LogP contribution in [0.25, 0.3) is 5.65 Å². The molecule has 3 aromatic rings. The number of nitrogens with two attached hydrogens (primary N) is 1. The van der Waals surface area contributed by atoms with Gasteiger partial charge in [0.25, 0.3) is 11.8 Å². The first kappa shape index (κ1) is 16.5. The van der Waals surface area contributed by atoms with E-state index in [2.05, 4.69) is 20.0 Å². The number of aryl methyl sites for hydroxylation is 1. The summed E-state index contributed by atoms with van der Waals surface area (Å²) in [6.45, 7) is 4.65. The molecule has 0 unspecified atom stereocenters. The zero-order valence-corrected chi connectivity index (χ0v) is 14.9. The quantitative estimate of drug-likeness (QED) is 0.720. The van der Waals surface area contributed by atoms with Gasteiger partial charge in [0.05, 0.1) is 6.20 Å². The van der Waals surface area contributed by atoms with Crippen LogP contribution in [0.5, 0.6) is 0 Å². The highest BCUT2D eigenvalue weighted by molar-refractivity contribution is 7.15. The Labute approximate surface area is 153 Å². The molecule has 10 heteroatoms. The third kappa shape index (κ3) is 2.77. The van der Waals surface area contributed by atoms with E-state index >= 15 is 0 Å². The van der Waals surface area contributed by atoms with E-state index in [1.54, 1.807) is 22.3 Å². The standard InChI is InChI=1S/C16H17N7O2S/c1-10-8-19-16(26-10)22-6-4-21(5-7-22)15(25)12-2-3-18-14-11(13(17)24)9-20-23(12)14/h2-3,8-9H,4-7H2,1H3,(H2,17,24). The zero-order valence-electron chi connectivity index (χ0n) is 14.1. The van der Waals surface area contributed by atoms with Gasteiger partial charge in [-0.2, -0.15) is 5.10 Å². The highest BCUT2D eigenvalue weighted by Crippen LogP contribution is 2.23. The summed E-state index contributed by atoms with van der Waals surface area (Å²) < 4.78 is 1.37. The maximum atomic E-state index is 12.9. The Bertz CT molecular complexity index is 988. The molecular weight excluding hydrogens is 354 g/mol. The Balaban J connectivity index is 1.54. The molecule has 0 aromatic carbocycles. The van der Waals surface area contributed by atoms with E-state index < -0.39 is 5.91 Å². The molecule has 1 aliphatic rings. The van der Waals surface area contributed by atoms with Crippen LogP contribution < -0.4 is 10.6 Å². The Morgan fingerprint density at radius 1 is 1.15 bits per heavy atom. The molecule has 134 valence electrons. The molecular formula is C16H17N7O2S. The highest BCUT2D eigenvalue weighted by Gasteiger charge is 2.26. The van der Waals surface area contributed by atoms with Crippen molar-refractivity contribution in [1.82, 2.24) is 24.5 Å². The number of hydrogen-bond acceptors (Lipinski definition) is 7. The fourth-order valence-electron chi connectivity index (χ4n) is 2.98. The highest BCUT2D eigenvalue weighted by atomic mass is 32.1. The number of amides is 2. The summed E-state index contributed by atoms with van der Waals surface area (Å²) in [7, 11) is 0. The van der Waals surface area contributed by atoms with Crippen molar-refractivity contribution in [2.24, 2.45) is 5.73 Å². The number of hydrogen-bond donors (Lipinski definition) is 1. The molecule has 0 atom stereocenters. The summed E-state index contributed by atoms with van der Waals surface area (Å²) >= 11 is 1.65. The van der Waals surface area contributed by atoms with Gasteiger partial charge in [0.15, 0.2) is 10.8 Å². The van der Waals surface area contributed by atoms with Gasteiger partial charge in [0, 0.05) is 43.4 Å². The Morgan fingerprint density at radius 2 is 1.92 bits per heavy atom. The first-order valence-electron chi connectivity index (χ1n) is 8.14. The van der Waals surface area contributed by atoms with Crippen molar-refractivity contribution in [3.05, 3.63) is 40.8 Å². The van der Waals surface area contributed by atoms with Crippen LogP contribution in [0, 0.1) is 6.92 Å². The monoisotopic (exact) mass is 371 g/mol. The number of nitrogens with zero attached hydrogens (tertiary/aromatic N) is 6. The number of aromatic nitrogens is 4. The maximum absolute atomic E-state index is 12.9. The minimum atomic E-state index is -0.621. The molecule has 2 amide bonds. The molecule has 26 heavy (non-hydrogen) atoms. The van der Waals surface area contributed by atoms with Crippen molar-refractivity contribution in [2.45, 2.75) is 6.92 Å². The fraction of sp³-hybridized carbons (Fsp3) is 0.312. The smallest absolute Gasteiger partial charge is 0.272 e. The van der Waals surface area contributed by atoms with E-state index in [1.165, 1.54) is 21.8 Å². The lowest BCUT2D eigenvalue weighted by Gasteiger charge is -2.34. The topological polar surface area (TPSA) is 110 Å². The molecule has 0 spiro atoms. The molecule has 1 saturated heterocycles. The average molecular weight is 371 g/mol. The molecule has 0 saturated carbocycles. The largest absolute Gasteiger partial charge is 0.365 e. The molecule has 1 aliphatic heterocycles. The van der Waals surface area contributed by atoms with Gasteiger partial charge in [0.2, 0.25) is 0 Å². The first-order chi connectivity index (χ1) is 12.5. The van der Waals surface area contributed by atoms with E-state index in [0.717, 1.165) is 18.2 Å². The van der Waals surface area contributed by atoms with Crippen LogP contribution in [0.2, 0.25) is 0 Å². The van der Waals surface area contributed by atoms with Crippen molar-refractivity contribution in [2.75, 3.05) is 31.1 Å². The minimum Gasteiger partial charge on any atom is -0.365 e. The van der Waals surface area contributed by atoms with Gasteiger partial charge in [-0.1, -0.05) is 0 Å². The van der Waals surface area contributed by atoms with Gasteiger partial charge in [0.1, 0.15) is 11.3 Å². The molecule has 4 heterocycles. The summed E-state index contributed by atoms with van der Waals surface area (Å²) in [5.41, 5.74) is 6.18. The van der Waals surface area contributed by atoms with Crippen molar-refractivity contribution >= 4 is 33.9 Å². The van der Waals surface area contributed by atoms with E-state index in [0.29, 0.717) is 24.4 Å². The Kier molecular flexibility index (Phi) is 4.03. The number of piperazine rings is 1. The zero-order chi connectivity index (χ0) is 18.3. The van der Waals surface area contributed by atoms with E-state index in [4.69, 9.17) is 5.73 Å². The van der Waals surface area contributed by atoms with Crippen LogP contribution >= 0.6 is 11.3 Å². The normalized spacial score (nSPS) is 14.8. The van der Waals surface area contributed by atoms with Crippen LogP contribution in [0.3, 0.4) is 0 Å². The van der Waals surface area contributed by atoms with Gasteiger partial charge >= 0.3 is 0 Å². The number of anilines is 1. The van der Waals surface area contributed by atoms with Gasteiger partial charge in [-0.3, -0.25) is 9.59 Å². The van der Waals surface area contributed by atoms with Gasteiger partial charge in [-0.25, -0.2) is 14.5 Å². The Hall–Kier alpha value is -3.01. The SMILES string of the molecule is Cc1cnc(N2CCN(C(=O)c3ccnc4c(C(N)=O)cnn34)CC2)s1. The molecule has 1 fully saturated rings. The van der Waals surface area contributed by atoms with Crippen LogP contribution in [0.15, 0.2) is 24.7 Å². The van der Waals surface area contributed by atoms with Crippen molar-refractivity contribution < 1.29 is 9.59 Å². The summed E-state index contributed by atoms with van der Waals surface area (Å²) in [5, 5.41) is 5.09. The predicted octanol–water partition coefficient (Wildman–Crippen LogP) is 0.556. The van der Waals surface area contributed by atoms with Gasteiger partial charge in [-0.15, -0.1) is 11.3 Å². The summed E-state index contributed by atoms with van der Waals surface area (Å²) in [5.74, 6) is -0.768. The number of carbonyl (C=O) groups excluding carboxylic acids is 2. The van der Waals surface area contributed by atoms with Crippen LogP contribution in [-0.4, -0.2) is 62.5 Å². The van der Waals surface area contributed by atoms with Crippen molar-refractivity contribution in [3.63, 3.8) is 0 Å². The molecule has 4 rings (SSSR count). The minimum absolute atomic E-state index is 0.147. The van der Waals surface area contributed by atoms with Crippen LogP contribution in [-0.2, 0) is 0 Å². The second-order valence-corrected chi connectivity index (χ2v) is 7.23. The van der Waals surface area contributed by atoms with E-state index in [9.17, 15) is 9.59 Å². The van der Waals surface area contributed by atoms with E-state index in [-0.39, 0.29) is 11.5 Å². The van der Waals surface area contributed by atoms with Crippen molar-refractivity contribution in [3.8, 4) is 0 Å². The first-order valence-corrected chi connectivity index (χ1v) is 8.95. The lowest BCUT2D eigenvalue weighted by molar-refractivity contribution is 0.0737. The second kappa shape index (κ2) is 6.37. The summed E-state index contributed by atoms with van der Waals surface area (Å²) in [6, 6.07) is 1.60.